The minimum atomic E-state index is -4.55. The Balaban J connectivity index is 2.11. The number of pyridine rings is 1. The van der Waals surface area contributed by atoms with Gasteiger partial charge < -0.3 is 4.74 Å². The maximum absolute atomic E-state index is 12.6. The third-order valence-electron chi connectivity index (χ3n) is 2.71. The molecule has 2 aromatic rings. The zero-order valence-corrected chi connectivity index (χ0v) is 12.9. The maximum Gasteiger partial charge on any atom is 0.417 e. The van der Waals surface area contributed by atoms with Crippen molar-refractivity contribution in [1.29, 1.82) is 10.5 Å². The number of rotatable bonds is 4. The smallest absolute Gasteiger partial charge is 0.417 e. The average molecular weight is 366 g/mol. The van der Waals surface area contributed by atoms with Crippen molar-refractivity contribution in [2.75, 3.05) is 5.43 Å². The molecule has 25 heavy (non-hydrogen) atoms. The lowest BCUT2D eigenvalue weighted by molar-refractivity contribution is -0.137. The average Bonchev–Trinajstić information content (AvgIpc) is 2.58. The molecule has 10 heteroatoms. The number of hydrazone groups is 1. The van der Waals surface area contributed by atoms with Gasteiger partial charge in [-0.15, -0.1) is 0 Å². The van der Waals surface area contributed by atoms with Gasteiger partial charge >= 0.3 is 6.18 Å². The lowest BCUT2D eigenvalue weighted by Gasteiger charge is -2.10. The van der Waals surface area contributed by atoms with Crippen LogP contribution in [0.15, 0.2) is 41.6 Å². The molecule has 0 aliphatic heterocycles. The van der Waals surface area contributed by atoms with Crippen molar-refractivity contribution in [2.45, 2.75) is 6.18 Å². The van der Waals surface area contributed by atoms with Gasteiger partial charge in [-0.2, -0.15) is 28.8 Å². The molecular weight excluding hydrogens is 359 g/mol. The van der Waals surface area contributed by atoms with E-state index in [9.17, 15) is 13.2 Å². The number of alkyl halides is 3. The van der Waals surface area contributed by atoms with Gasteiger partial charge in [0.1, 0.15) is 22.9 Å². The Bertz CT molecular complexity index is 866. The van der Waals surface area contributed by atoms with Crippen molar-refractivity contribution < 1.29 is 17.9 Å². The number of anilines is 1. The molecule has 0 amide bonds. The molecular formula is C15H7ClF3N5O. The topological polar surface area (TPSA) is 94.1 Å². The van der Waals surface area contributed by atoms with Crippen LogP contribution in [0.3, 0.4) is 0 Å². The van der Waals surface area contributed by atoms with E-state index in [-0.39, 0.29) is 22.4 Å². The number of nitrogens with one attached hydrogen (secondary N) is 1. The van der Waals surface area contributed by atoms with Crippen molar-refractivity contribution in [3.63, 3.8) is 0 Å². The number of aromatic nitrogens is 1. The number of benzene rings is 1. The van der Waals surface area contributed by atoms with E-state index in [1.165, 1.54) is 24.3 Å². The highest BCUT2D eigenvalue weighted by atomic mass is 35.5. The van der Waals surface area contributed by atoms with Crippen LogP contribution in [-0.4, -0.2) is 10.7 Å². The molecule has 1 aromatic carbocycles. The van der Waals surface area contributed by atoms with Gasteiger partial charge in [0.15, 0.2) is 0 Å². The fraction of sp³-hybridized carbons (Fsp3) is 0.0667. The highest BCUT2D eigenvalue weighted by Crippen LogP contribution is 2.34. The standard InChI is InChI=1S/C15H7ClF3N5O/c16-13-5-9(15(17,18)19)8-22-14(13)25-12-3-1-10(2-4-12)23-24-11(6-20)7-21/h1-5,8,23H. The number of nitriles is 2. The second kappa shape index (κ2) is 7.51. The summed E-state index contributed by atoms with van der Waals surface area (Å²) in [5.74, 6) is 0.0918. The van der Waals surface area contributed by atoms with E-state index in [1.54, 1.807) is 12.1 Å². The fourth-order valence-corrected chi connectivity index (χ4v) is 1.77. The molecule has 0 aliphatic rings. The summed E-state index contributed by atoms with van der Waals surface area (Å²) in [6.07, 6.45) is -3.92. The molecule has 0 spiro atoms. The van der Waals surface area contributed by atoms with E-state index in [4.69, 9.17) is 26.9 Å². The lowest BCUT2D eigenvalue weighted by atomic mass is 10.3. The quantitative estimate of drug-likeness (QED) is 0.641. The summed E-state index contributed by atoms with van der Waals surface area (Å²) in [5.41, 5.74) is 1.63. The van der Waals surface area contributed by atoms with Crippen LogP contribution in [-0.2, 0) is 6.18 Å². The molecule has 126 valence electrons. The van der Waals surface area contributed by atoms with Gasteiger partial charge in [0.2, 0.25) is 11.6 Å². The first-order valence-electron chi connectivity index (χ1n) is 6.48. The highest BCUT2D eigenvalue weighted by molar-refractivity contribution is 6.31. The van der Waals surface area contributed by atoms with Gasteiger partial charge in [0.25, 0.3) is 0 Å². The normalized spacial score (nSPS) is 10.3. The molecule has 0 atom stereocenters. The van der Waals surface area contributed by atoms with Crippen molar-refractivity contribution in [3.05, 3.63) is 47.1 Å². The first-order chi connectivity index (χ1) is 11.8. The van der Waals surface area contributed by atoms with Crippen molar-refractivity contribution >= 4 is 23.0 Å². The van der Waals surface area contributed by atoms with E-state index in [0.29, 0.717) is 11.9 Å². The van der Waals surface area contributed by atoms with Gasteiger partial charge in [-0.25, -0.2) is 4.98 Å². The molecule has 0 aliphatic carbocycles. The summed E-state index contributed by atoms with van der Waals surface area (Å²) in [4.78, 5) is 3.56. The minimum absolute atomic E-state index is 0.176. The van der Waals surface area contributed by atoms with Crippen LogP contribution in [0, 0.1) is 22.7 Å². The second-order valence-electron chi connectivity index (χ2n) is 4.43. The van der Waals surface area contributed by atoms with Gasteiger partial charge in [-0.1, -0.05) is 11.6 Å². The van der Waals surface area contributed by atoms with Crippen LogP contribution in [0.1, 0.15) is 5.56 Å². The third-order valence-corrected chi connectivity index (χ3v) is 2.98. The largest absolute Gasteiger partial charge is 0.438 e. The SMILES string of the molecule is N#CC(C#N)=NNc1ccc(Oc2ncc(C(F)(F)F)cc2Cl)cc1. The number of nitrogens with zero attached hydrogens (tertiary/aromatic N) is 4. The van der Waals surface area contributed by atoms with Gasteiger partial charge in [-0.05, 0) is 30.3 Å². The van der Waals surface area contributed by atoms with Crippen molar-refractivity contribution in [3.8, 4) is 23.8 Å². The molecule has 1 aromatic heterocycles. The summed E-state index contributed by atoms with van der Waals surface area (Å²) in [5, 5.41) is 20.4. The molecule has 0 fully saturated rings. The molecule has 0 bridgehead atoms. The Morgan fingerprint density at radius 1 is 1.20 bits per heavy atom. The molecule has 0 radical (unpaired) electrons. The van der Waals surface area contributed by atoms with E-state index in [0.717, 1.165) is 6.07 Å². The van der Waals surface area contributed by atoms with Crippen LogP contribution in [0.4, 0.5) is 18.9 Å². The molecule has 0 saturated heterocycles. The predicted octanol–water partition coefficient (Wildman–Crippen LogP) is 4.36. The summed E-state index contributed by atoms with van der Waals surface area (Å²) in [6, 6.07) is 9.88. The van der Waals surface area contributed by atoms with Gasteiger partial charge in [-0.3, -0.25) is 5.43 Å². The monoisotopic (exact) mass is 365 g/mol. The summed E-state index contributed by atoms with van der Waals surface area (Å²) >= 11 is 5.75. The van der Waals surface area contributed by atoms with Crippen LogP contribution >= 0.6 is 11.6 Å². The van der Waals surface area contributed by atoms with E-state index >= 15 is 0 Å². The molecule has 0 unspecified atom stereocenters. The van der Waals surface area contributed by atoms with Crippen molar-refractivity contribution in [1.82, 2.24) is 4.98 Å². The number of halogens is 4. The molecule has 1 heterocycles. The molecule has 6 nitrogen and oxygen atoms in total. The summed E-state index contributed by atoms with van der Waals surface area (Å²) < 4.78 is 43.0. The van der Waals surface area contributed by atoms with E-state index in [2.05, 4.69) is 15.5 Å². The Hall–Kier alpha value is -3.30. The van der Waals surface area contributed by atoms with E-state index < -0.39 is 11.7 Å². The Morgan fingerprint density at radius 3 is 2.36 bits per heavy atom. The molecule has 0 saturated carbocycles. The summed E-state index contributed by atoms with van der Waals surface area (Å²) in [7, 11) is 0. The van der Waals surface area contributed by atoms with Crippen molar-refractivity contribution in [2.24, 2.45) is 5.10 Å². The maximum atomic E-state index is 12.6. The third kappa shape index (κ3) is 4.83. The lowest BCUT2D eigenvalue weighted by Crippen LogP contribution is -2.05. The minimum Gasteiger partial charge on any atom is -0.438 e. The number of hydrogen-bond donors (Lipinski definition) is 1. The molecule has 2 rings (SSSR count). The highest BCUT2D eigenvalue weighted by Gasteiger charge is 2.31. The Labute approximate surface area is 144 Å². The van der Waals surface area contributed by atoms with Gasteiger partial charge in [0.05, 0.1) is 11.3 Å². The van der Waals surface area contributed by atoms with Crippen LogP contribution in [0.25, 0.3) is 0 Å². The van der Waals surface area contributed by atoms with Crippen LogP contribution < -0.4 is 10.2 Å². The van der Waals surface area contributed by atoms with Crippen LogP contribution in [0.2, 0.25) is 5.02 Å². The number of hydrogen-bond acceptors (Lipinski definition) is 6. The zero-order chi connectivity index (χ0) is 18.4. The first kappa shape index (κ1) is 18.0. The Morgan fingerprint density at radius 2 is 1.84 bits per heavy atom. The Kier molecular flexibility index (Phi) is 5.42. The van der Waals surface area contributed by atoms with Gasteiger partial charge in [0, 0.05) is 6.20 Å². The zero-order valence-electron chi connectivity index (χ0n) is 12.2. The fourth-order valence-electron chi connectivity index (χ4n) is 1.56. The molecule has 1 N–H and O–H groups in total. The first-order valence-corrected chi connectivity index (χ1v) is 6.86. The van der Waals surface area contributed by atoms with Crippen LogP contribution in [0.5, 0.6) is 11.6 Å². The predicted molar refractivity (Wildman–Crippen MR) is 83.0 cm³/mol. The number of ether oxygens (including phenoxy) is 1. The van der Waals surface area contributed by atoms with E-state index in [1.807, 2.05) is 0 Å². The second-order valence-corrected chi connectivity index (χ2v) is 4.84. The summed E-state index contributed by atoms with van der Waals surface area (Å²) in [6.45, 7) is 0.